The van der Waals surface area contributed by atoms with Gasteiger partial charge < -0.3 is 15.8 Å². The molecule has 0 fully saturated rings. The Morgan fingerprint density at radius 2 is 2.30 bits per heavy atom. The molecule has 6 heteroatoms. The highest BCUT2D eigenvalue weighted by molar-refractivity contribution is 7.22. The number of rotatable bonds is 5. The molecule has 2 atom stereocenters. The van der Waals surface area contributed by atoms with Crippen LogP contribution in [0.25, 0.3) is 10.2 Å². The van der Waals surface area contributed by atoms with Gasteiger partial charge in [-0.2, -0.15) is 0 Å². The largest absolute Gasteiger partial charge is 0.497 e. The van der Waals surface area contributed by atoms with Crippen molar-refractivity contribution in [2.24, 2.45) is 11.7 Å². The minimum Gasteiger partial charge on any atom is -0.497 e. The van der Waals surface area contributed by atoms with Crippen molar-refractivity contribution in [2.75, 3.05) is 12.4 Å². The van der Waals surface area contributed by atoms with Gasteiger partial charge in [-0.25, -0.2) is 4.98 Å². The SMILES string of the molecule is CC[C@H](C)[C@H](N)C(=O)Nc1nc2ccc(OC)cc2s1. The van der Waals surface area contributed by atoms with Crippen molar-refractivity contribution in [3.8, 4) is 5.75 Å². The van der Waals surface area contributed by atoms with Gasteiger partial charge in [0.05, 0.1) is 23.4 Å². The molecular formula is C14H19N3O2S. The lowest BCUT2D eigenvalue weighted by atomic mass is 10.00. The molecular weight excluding hydrogens is 274 g/mol. The Bertz CT molecular complexity index is 611. The zero-order valence-electron chi connectivity index (χ0n) is 11.8. The van der Waals surface area contributed by atoms with Crippen molar-refractivity contribution in [3.63, 3.8) is 0 Å². The normalized spacial score (nSPS) is 14.0. The van der Waals surface area contributed by atoms with Crippen LogP contribution in [0, 0.1) is 5.92 Å². The third-order valence-corrected chi connectivity index (χ3v) is 4.32. The van der Waals surface area contributed by atoms with E-state index in [1.165, 1.54) is 11.3 Å². The number of hydrogen-bond acceptors (Lipinski definition) is 5. The first kappa shape index (κ1) is 14.7. The third-order valence-electron chi connectivity index (χ3n) is 3.39. The number of fused-ring (bicyclic) bond motifs is 1. The summed E-state index contributed by atoms with van der Waals surface area (Å²) in [5, 5.41) is 3.35. The summed E-state index contributed by atoms with van der Waals surface area (Å²) in [6.45, 7) is 3.98. The number of ether oxygens (including phenoxy) is 1. The van der Waals surface area contributed by atoms with Crippen LogP contribution in [-0.2, 0) is 4.79 Å². The van der Waals surface area contributed by atoms with E-state index in [2.05, 4.69) is 10.3 Å². The predicted octanol–water partition coefficient (Wildman–Crippen LogP) is 2.62. The molecule has 0 aliphatic carbocycles. The number of benzene rings is 1. The molecule has 0 radical (unpaired) electrons. The van der Waals surface area contributed by atoms with E-state index in [1.54, 1.807) is 7.11 Å². The van der Waals surface area contributed by atoms with Gasteiger partial charge in [-0.05, 0) is 24.1 Å². The fourth-order valence-electron chi connectivity index (χ4n) is 1.79. The molecule has 1 heterocycles. The van der Waals surface area contributed by atoms with E-state index in [0.29, 0.717) is 5.13 Å². The Labute approximate surface area is 122 Å². The van der Waals surface area contributed by atoms with E-state index in [9.17, 15) is 4.79 Å². The Balaban J connectivity index is 2.15. The van der Waals surface area contributed by atoms with Crippen LogP contribution in [0.1, 0.15) is 20.3 Å². The van der Waals surface area contributed by atoms with E-state index in [-0.39, 0.29) is 11.8 Å². The molecule has 2 rings (SSSR count). The Hall–Kier alpha value is -1.66. The van der Waals surface area contributed by atoms with Crippen LogP contribution in [0.2, 0.25) is 0 Å². The molecule has 0 bridgehead atoms. The van der Waals surface area contributed by atoms with Gasteiger partial charge in [0, 0.05) is 0 Å². The first-order valence-corrected chi connectivity index (χ1v) is 7.37. The van der Waals surface area contributed by atoms with Crippen LogP contribution >= 0.6 is 11.3 Å². The molecule has 5 nitrogen and oxygen atoms in total. The smallest absolute Gasteiger partial charge is 0.243 e. The fourth-order valence-corrected chi connectivity index (χ4v) is 2.68. The van der Waals surface area contributed by atoms with Crippen LogP contribution in [0.3, 0.4) is 0 Å². The first-order chi connectivity index (χ1) is 9.55. The third kappa shape index (κ3) is 3.08. The summed E-state index contributed by atoms with van der Waals surface area (Å²) >= 11 is 1.41. The fraction of sp³-hybridized carbons (Fsp3) is 0.429. The molecule has 1 aromatic carbocycles. The maximum atomic E-state index is 12.0. The van der Waals surface area contributed by atoms with E-state index in [1.807, 2.05) is 32.0 Å². The molecule has 0 unspecified atom stereocenters. The van der Waals surface area contributed by atoms with Crippen LogP contribution < -0.4 is 15.8 Å². The molecule has 3 N–H and O–H groups in total. The lowest BCUT2D eigenvalue weighted by Gasteiger charge is -2.16. The molecule has 108 valence electrons. The number of hydrogen-bond donors (Lipinski definition) is 2. The van der Waals surface area contributed by atoms with Crippen LogP contribution in [-0.4, -0.2) is 24.0 Å². The summed E-state index contributed by atoms with van der Waals surface area (Å²) in [4.78, 5) is 16.4. The summed E-state index contributed by atoms with van der Waals surface area (Å²) in [5.41, 5.74) is 6.74. The molecule has 2 aromatic rings. The van der Waals surface area contributed by atoms with Gasteiger partial charge in [0.2, 0.25) is 5.91 Å². The topological polar surface area (TPSA) is 77.2 Å². The van der Waals surface area contributed by atoms with Gasteiger partial charge in [0.25, 0.3) is 0 Å². The number of nitrogens with two attached hydrogens (primary N) is 1. The van der Waals surface area contributed by atoms with Crippen LogP contribution in [0.15, 0.2) is 18.2 Å². The van der Waals surface area contributed by atoms with Gasteiger partial charge in [0.15, 0.2) is 5.13 Å². The molecule has 0 saturated heterocycles. The number of aromatic nitrogens is 1. The average Bonchev–Trinajstić information content (AvgIpc) is 2.86. The zero-order valence-corrected chi connectivity index (χ0v) is 12.7. The van der Waals surface area contributed by atoms with Crippen molar-refractivity contribution in [2.45, 2.75) is 26.3 Å². The molecule has 0 aliphatic rings. The molecule has 0 aliphatic heterocycles. The Morgan fingerprint density at radius 3 is 2.95 bits per heavy atom. The second kappa shape index (κ2) is 6.19. The number of anilines is 1. The van der Waals surface area contributed by atoms with Gasteiger partial charge >= 0.3 is 0 Å². The van der Waals surface area contributed by atoms with Crippen molar-refractivity contribution in [1.82, 2.24) is 4.98 Å². The number of amides is 1. The van der Waals surface area contributed by atoms with E-state index >= 15 is 0 Å². The monoisotopic (exact) mass is 293 g/mol. The maximum absolute atomic E-state index is 12.0. The maximum Gasteiger partial charge on any atom is 0.243 e. The highest BCUT2D eigenvalue weighted by atomic mass is 32.1. The van der Waals surface area contributed by atoms with Crippen molar-refractivity contribution in [1.29, 1.82) is 0 Å². The van der Waals surface area contributed by atoms with E-state index < -0.39 is 6.04 Å². The molecule has 0 saturated carbocycles. The van der Waals surface area contributed by atoms with Gasteiger partial charge in [-0.1, -0.05) is 31.6 Å². The number of nitrogens with zero attached hydrogens (tertiary/aromatic N) is 1. The van der Waals surface area contributed by atoms with Crippen molar-refractivity contribution < 1.29 is 9.53 Å². The van der Waals surface area contributed by atoms with Crippen molar-refractivity contribution in [3.05, 3.63) is 18.2 Å². The van der Waals surface area contributed by atoms with E-state index in [4.69, 9.17) is 10.5 Å². The standard InChI is InChI=1S/C14H19N3O2S/c1-4-8(2)12(15)13(18)17-14-16-10-6-5-9(19-3)7-11(10)20-14/h5-8,12H,4,15H2,1-3H3,(H,16,17,18)/t8-,12-/m0/s1. The zero-order chi connectivity index (χ0) is 14.7. The number of methoxy groups -OCH3 is 1. The van der Waals surface area contributed by atoms with Gasteiger partial charge in [0.1, 0.15) is 5.75 Å². The number of thiazole rings is 1. The molecule has 1 amide bonds. The number of carbonyl (C=O) groups excluding carboxylic acids is 1. The minimum absolute atomic E-state index is 0.143. The Kier molecular flexibility index (Phi) is 4.57. The lowest BCUT2D eigenvalue weighted by molar-refractivity contribution is -0.118. The predicted molar refractivity (Wildman–Crippen MR) is 82.2 cm³/mol. The van der Waals surface area contributed by atoms with Crippen LogP contribution in [0.5, 0.6) is 5.75 Å². The molecule has 0 spiro atoms. The molecule has 20 heavy (non-hydrogen) atoms. The highest BCUT2D eigenvalue weighted by Crippen LogP contribution is 2.29. The highest BCUT2D eigenvalue weighted by Gasteiger charge is 2.20. The first-order valence-electron chi connectivity index (χ1n) is 6.56. The van der Waals surface area contributed by atoms with Gasteiger partial charge in [-0.15, -0.1) is 0 Å². The minimum atomic E-state index is -0.512. The summed E-state index contributed by atoms with van der Waals surface area (Å²) in [6, 6.07) is 5.10. The second-order valence-corrected chi connectivity index (χ2v) is 5.78. The quantitative estimate of drug-likeness (QED) is 0.888. The number of carbonyl (C=O) groups is 1. The van der Waals surface area contributed by atoms with Crippen molar-refractivity contribution >= 4 is 32.6 Å². The van der Waals surface area contributed by atoms with Crippen LogP contribution in [0.4, 0.5) is 5.13 Å². The second-order valence-electron chi connectivity index (χ2n) is 4.75. The van der Waals surface area contributed by atoms with E-state index in [0.717, 1.165) is 22.4 Å². The summed E-state index contributed by atoms with van der Waals surface area (Å²) < 4.78 is 6.14. The summed E-state index contributed by atoms with van der Waals surface area (Å²) in [5.74, 6) is 0.727. The molecule has 1 aromatic heterocycles. The summed E-state index contributed by atoms with van der Waals surface area (Å²) in [7, 11) is 1.62. The Morgan fingerprint density at radius 1 is 1.55 bits per heavy atom. The lowest BCUT2D eigenvalue weighted by Crippen LogP contribution is -2.40. The average molecular weight is 293 g/mol. The number of nitrogens with one attached hydrogen (secondary N) is 1. The summed E-state index contributed by atoms with van der Waals surface area (Å²) in [6.07, 6.45) is 0.867. The van der Waals surface area contributed by atoms with Gasteiger partial charge in [-0.3, -0.25) is 4.79 Å².